The SMILES string of the molecule is C=CCCCCCCCCC(=O)NCCNC(C)C.CCC. The van der Waals surface area contributed by atoms with E-state index >= 15 is 0 Å². The zero-order chi connectivity index (χ0) is 17.1. The maximum absolute atomic E-state index is 11.5. The van der Waals surface area contributed by atoms with Gasteiger partial charge >= 0.3 is 0 Å². The highest BCUT2D eigenvalue weighted by atomic mass is 16.1. The van der Waals surface area contributed by atoms with E-state index < -0.39 is 0 Å². The summed E-state index contributed by atoms with van der Waals surface area (Å²) in [6, 6.07) is 0.484. The van der Waals surface area contributed by atoms with Crippen molar-refractivity contribution in [3.05, 3.63) is 12.7 Å². The van der Waals surface area contributed by atoms with Crippen molar-refractivity contribution in [3.8, 4) is 0 Å². The fourth-order valence-electron chi connectivity index (χ4n) is 1.93. The van der Waals surface area contributed by atoms with Gasteiger partial charge in [-0.1, -0.05) is 65.9 Å². The lowest BCUT2D eigenvalue weighted by Gasteiger charge is -2.09. The summed E-state index contributed by atoms with van der Waals surface area (Å²) < 4.78 is 0. The number of nitrogens with one attached hydrogen (secondary N) is 2. The second-order valence-corrected chi connectivity index (χ2v) is 6.11. The Balaban J connectivity index is 0. The lowest BCUT2D eigenvalue weighted by atomic mass is 10.1. The highest BCUT2D eigenvalue weighted by Crippen LogP contribution is 2.08. The van der Waals surface area contributed by atoms with E-state index in [4.69, 9.17) is 0 Å². The molecule has 0 aliphatic carbocycles. The van der Waals surface area contributed by atoms with Crippen LogP contribution in [0.5, 0.6) is 0 Å². The van der Waals surface area contributed by atoms with Crippen molar-refractivity contribution in [2.75, 3.05) is 13.1 Å². The molecule has 0 saturated carbocycles. The predicted molar refractivity (Wildman–Crippen MR) is 99.2 cm³/mol. The Morgan fingerprint density at radius 2 is 1.55 bits per heavy atom. The maximum Gasteiger partial charge on any atom is 0.220 e. The largest absolute Gasteiger partial charge is 0.355 e. The second-order valence-electron chi connectivity index (χ2n) is 6.11. The molecule has 0 aromatic heterocycles. The van der Waals surface area contributed by atoms with Gasteiger partial charge in [0.1, 0.15) is 0 Å². The van der Waals surface area contributed by atoms with Gasteiger partial charge < -0.3 is 10.6 Å². The molecule has 132 valence electrons. The number of hydrogen-bond donors (Lipinski definition) is 2. The highest BCUT2D eigenvalue weighted by molar-refractivity contribution is 5.75. The predicted octanol–water partition coefficient (Wildman–Crippen LogP) is 4.82. The topological polar surface area (TPSA) is 41.1 Å². The van der Waals surface area contributed by atoms with Crippen LogP contribution in [-0.2, 0) is 4.79 Å². The van der Waals surface area contributed by atoms with E-state index in [1.165, 1.54) is 38.5 Å². The quantitative estimate of drug-likeness (QED) is 0.378. The van der Waals surface area contributed by atoms with Crippen LogP contribution in [0.3, 0.4) is 0 Å². The van der Waals surface area contributed by atoms with E-state index in [0.717, 1.165) is 25.9 Å². The third-order valence-corrected chi connectivity index (χ3v) is 3.06. The number of amides is 1. The maximum atomic E-state index is 11.5. The molecule has 0 spiro atoms. The Morgan fingerprint density at radius 1 is 1.00 bits per heavy atom. The monoisotopic (exact) mass is 312 g/mol. The average molecular weight is 313 g/mol. The third-order valence-electron chi connectivity index (χ3n) is 3.06. The molecule has 0 radical (unpaired) electrons. The zero-order valence-electron chi connectivity index (χ0n) is 15.5. The van der Waals surface area contributed by atoms with E-state index in [0.29, 0.717) is 12.5 Å². The summed E-state index contributed by atoms with van der Waals surface area (Å²) in [5.74, 6) is 0.192. The van der Waals surface area contributed by atoms with Gasteiger partial charge in [-0.2, -0.15) is 0 Å². The number of carbonyl (C=O) groups excluding carboxylic acids is 1. The Hall–Kier alpha value is -0.830. The lowest BCUT2D eigenvalue weighted by molar-refractivity contribution is -0.121. The number of rotatable bonds is 13. The molecule has 0 rings (SSSR count). The summed E-state index contributed by atoms with van der Waals surface area (Å²) in [7, 11) is 0. The van der Waals surface area contributed by atoms with Gasteiger partial charge in [-0.05, 0) is 19.3 Å². The van der Waals surface area contributed by atoms with E-state index in [9.17, 15) is 4.79 Å². The number of hydrogen-bond acceptors (Lipinski definition) is 2. The van der Waals surface area contributed by atoms with Crippen molar-refractivity contribution in [2.45, 2.75) is 91.5 Å². The summed E-state index contributed by atoms with van der Waals surface area (Å²) in [6.45, 7) is 13.8. The summed E-state index contributed by atoms with van der Waals surface area (Å²) in [5.41, 5.74) is 0. The molecule has 22 heavy (non-hydrogen) atoms. The first-order valence-electron chi connectivity index (χ1n) is 9.19. The molecule has 0 saturated heterocycles. The van der Waals surface area contributed by atoms with Crippen molar-refractivity contribution in [3.63, 3.8) is 0 Å². The average Bonchev–Trinajstić information content (AvgIpc) is 2.47. The molecular weight excluding hydrogens is 272 g/mol. The van der Waals surface area contributed by atoms with Gasteiger partial charge in [0.2, 0.25) is 5.91 Å². The van der Waals surface area contributed by atoms with Crippen molar-refractivity contribution in [1.29, 1.82) is 0 Å². The molecule has 0 aromatic carbocycles. The fourth-order valence-corrected chi connectivity index (χ4v) is 1.93. The van der Waals surface area contributed by atoms with Crippen molar-refractivity contribution >= 4 is 5.91 Å². The van der Waals surface area contributed by atoms with E-state index in [1.807, 2.05) is 6.08 Å². The molecule has 0 unspecified atom stereocenters. The van der Waals surface area contributed by atoms with Crippen LogP contribution in [0.2, 0.25) is 0 Å². The number of unbranched alkanes of at least 4 members (excludes halogenated alkanes) is 6. The van der Waals surface area contributed by atoms with Crippen LogP contribution < -0.4 is 10.6 Å². The van der Waals surface area contributed by atoms with E-state index in [2.05, 4.69) is 44.9 Å². The molecule has 1 amide bonds. The van der Waals surface area contributed by atoms with Gasteiger partial charge in [-0.25, -0.2) is 0 Å². The lowest BCUT2D eigenvalue weighted by Crippen LogP contribution is -2.34. The van der Waals surface area contributed by atoms with E-state index in [1.54, 1.807) is 0 Å². The van der Waals surface area contributed by atoms with Crippen LogP contribution >= 0.6 is 0 Å². The normalized spacial score (nSPS) is 10.0. The van der Waals surface area contributed by atoms with Crippen LogP contribution in [0.4, 0.5) is 0 Å². The molecule has 0 bridgehead atoms. The zero-order valence-corrected chi connectivity index (χ0v) is 15.5. The van der Waals surface area contributed by atoms with Gasteiger partial charge in [0.05, 0.1) is 0 Å². The minimum absolute atomic E-state index is 0.192. The fraction of sp³-hybridized carbons (Fsp3) is 0.842. The molecule has 0 aliphatic rings. The minimum atomic E-state index is 0.192. The molecule has 0 atom stereocenters. The first kappa shape index (κ1) is 23.4. The first-order chi connectivity index (χ1) is 10.6. The number of allylic oxidation sites excluding steroid dienone is 1. The smallest absolute Gasteiger partial charge is 0.220 e. The van der Waals surface area contributed by atoms with Crippen LogP contribution in [-0.4, -0.2) is 25.0 Å². The molecular formula is C19H40N2O. The van der Waals surface area contributed by atoms with Gasteiger partial charge in [0.15, 0.2) is 0 Å². The van der Waals surface area contributed by atoms with Crippen molar-refractivity contribution in [1.82, 2.24) is 10.6 Å². The molecule has 3 heteroatoms. The summed E-state index contributed by atoms with van der Waals surface area (Å²) >= 11 is 0. The molecule has 0 fully saturated rings. The van der Waals surface area contributed by atoms with Crippen LogP contribution in [0.25, 0.3) is 0 Å². The molecule has 3 nitrogen and oxygen atoms in total. The molecule has 0 heterocycles. The van der Waals surface area contributed by atoms with Gasteiger partial charge in [-0.15, -0.1) is 6.58 Å². The minimum Gasteiger partial charge on any atom is -0.355 e. The van der Waals surface area contributed by atoms with Crippen molar-refractivity contribution in [2.24, 2.45) is 0 Å². The van der Waals surface area contributed by atoms with Crippen LogP contribution in [0, 0.1) is 0 Å². The van der Waals surface area contributed by atoms with Crippen molar-refractivity contribution < 1.29 is 4.79 Å². The van der Waals surface area contributed by atoms with Crippen LogP contribution in [0.15, 0.2) is 12.7 Å². The molecule has 0 aliphatic heterocycles. The van der Waals surface area contributed by atoms with E-state index in [-0.39, 0.29) is 5.91 Å². The highest BCUT2D eigenvalue weighted by Gasteiger charge is 2.00. The summed E-state index contributed by atoms with van der Waals surface area (Å²) in [5, 5.41) is 6.22. The summed E-state index contributed by atoms with van der Waals surface area (Å²) in [6.07, 6.45) is 12.3. The Bertz CT molecular complexity index is 240. The first-order valence-corrected chi connectivity index (χ1v) is 9.19. The number of carbonyl (C=O) groups is 1. The molecule has 0 aromatic rings. The third kappa shape index (κ3) is 24.2. The standard InChI is InChI=1S/C16H32N2O.C3H8/c1-4-5-6-7-8-9-10-11-12-16(19)18-14-13-17-15(2)3;1-3-2/h4,15,17H,1,5-14H2,2-3H3,(H,18,19);3H2,1-2H3. The Morgan fingerprint density at radius 3 is 2.09 bits per heavy atom. The Kier molecular flexibility index (Phi) is 21.5. The van der Waals surface area contributed by atoms with Gasteiger partial charge in [0, 0.05) is 25.6 Å². The van der Waals surface area contributed by atoms with Gasteiger partial charge in [0.25, 0.3) is 0 Å². The molecule has 2 N–H and O–H groups in total. The Labute approximate surface area is 139 Å². The van der Waals surface area contributed by atoms with Crippen LogP contribution in [0.1, 0.15) is 85.5 Å². The second kappa shape index (κ2) is 20.2. The summed E-state index contributed by atoms with van der Waals surface area (Å²) in [4.78, 5) is 11.5. The van der Waals surface area contributed by atoms with Gasteiger partial charge in [-0.3, -0.25) is 4.79 Å².